The highest BCUT2D eigenvalue weighted by molar-refractivity contribution is 5.98. The molecule has 104 valence electrons. The van der Waals surface area contributed by atoms with E-state index in [1.165, 1.54) is 0 Å². The Kier molecular flexibility index (Phi) is 3.06. The number of nitrogens with two attached hydrogens (primary N) is 1. The smallest absolute Gasteiger partial charge is 0.244 e. The van der Waals surface area contributed by atoms with Crippen molar-refractivity contribution in [3.05, 3.63) is 36.8 Å². The molecule has 1 aliphatic carbocycles. The van der Waals surface area contributed by atoms with Gasteiger partial charge in [0.15, 0.2) is 0 Å². The second-order valence-corrected chi connectivity index (χ2v) is 5.55. The molecule has 1 saturated carbocycles. The molecule has 5 heteroatoms. The van der Waals surface area contributed by atoms with Crippen molar-refractivity contribution in [1.82, 2.24) is 9.97 Å². The molecule has 0 aliphatic heterocycles. The summed E-state index contributed by atoms with van der Waals surface area (Å²) >= 11 is 0. The number of aromatic amines is 1. The highest BCUT2D eigenvalue weighted by Gasteiger charge is 2.44. The van der Waals surface area contributed by atoms with Gasteiger partial charge in [-0.3, -0.25) is 4.79 Å². The van der Waals surface area contributed by atoms with Crippen LogP contribution in [-0.4, -0.2) is 21.4 Å². The molecule has 3 rings (SSSR count). The summed E-state index contributed by atoms with van der Waals surface area (Å²) in [6.45, 7) is 1.80. The lowest BCUT2D eigenvalue weighted by molar-refractivity contribution is -0.121. The van der Waals surface area contributed by atoms with E-state index in [2.05, 4.69) is 15.3 Å². The fraction of sp³-hybridized carbons (Fsp3) is 0.333. The Morgan fingerprint density at radius 3 is 2.65 bits per heavy atom. The van der Waals surface area contributed by atoms with Crippen molar-refractivity contribution in [3.8, 4) is 11.3 Å². The molecule has 1 aliphatic rings. The number of amides is 1. The molecule has 1 amide bonds. The van der Waals surface area contributed by atoms with Crippen molar-refractivity contribution in [2.24, 2.45) is 11.7 Å². The van der Waals surface area contributed by atoms with Crippen LogP contribution in [0, 0.1) is 5.92 Å². The Morgan fingerprint density at radius 2 is 2.10 bits per heavy atom. The quantitative estimate of drug-likeness (QED) is 0.796. The van der Waals surface area contributed by atoms with Crippen molar-refractivity contribution >= 4 is 11.6 Å². The first kappa shape index (κ1) is 12.9. The average Bonchev–Trinajstić information content (AvgIpc) is 3.17. The van der Waals surface area contributed by atoms with Crippen LogP contribution in [0.15, 0.2) is 36.8 Å². The molecule has 0 radical (unpaired) electrons. The van der Waals surface area contributed by atoms with Crippen LogP contribution in [0.4, 0.5) is 5.69 Å². The van der Waals surface area contributed by atoms with Crippen LogP contribution in [-0.2, 0) is 4.79 Å². The lowest BCUT2D eigenvalue weighted by Crippen LogP contribution is -2.50. The fourth-order valence-electron chi connectivity index (χ4n) is 2.28. The Hall–Kier alpha value is -2.14. The second-order valence-electron chi connectivity index (χ2n) is 5.55. The topological polar surface area (TPSA) is 83.8 Å². The largest absolute Gasteiger partial charge is 0.345 e. The molecule has 1 unspecified atom stereocenters. The highest BCUT2D eigenvalue weighted by Crippen LogP contribution is 2.38. The Bertz CT molecular complexity index is 597. The maximum Gasteiger partial charge on any atom is 0.244 e. The van der Waals surface area contributed by atoms with Gasteiger partial charge in [-0.25, -0.2) is 4.98 Å². The van der Waals surface area contributed by atoms with Crippen LogP contribution >= 0.6 is 0 Å². The minimum Gasteiger partial charge on any atom is -0.345 e. The van der Waals surface area contributed by atoms with Gasteiger partial charge in [-0.1, -0.05) is 12.1 Å². The molecule has 0 bridgehead atoms. The van der Waals surface area contributed by atoms with Crippen LogP contribution in [0.25, 0.3) is 11.3 Å². The van der Waals surface area contributed by atoms with Gasteiger partial charge in [0.05, 0.1) is 23.8 Å². The molecular formula is C15H18N4O. The fourth-order valence-corrected chi connectivity index (χ4v) is 2.28. The van der Waals surface area contributed by atoms with Crippen molar-refractivity contribution in [3.63, 3.8) is 0 Å². The molecule has 1 atom stereocenters. The second kappa shape index (κ2) is 4.76. The molecule has 0 spiro atoms. The average molecular weight is 270 g/mol. The first-order valence-electron chi connectivity index (χ1n) is 6.76. The summed E-state index contributed by atoms with van der Waals surface area (Å²) in [6, 6.07) is 7.62. The van der Waals surface area contributed by atoms with E-state index in [4.69, 9.17) is 5.73 Å². The molecular weight excluding hydrogens is 252 g/mol. The molecule has 5 nitrogen and oxygen atoms in total. The lowest BCUT2D eigenvalue weighted by atomic mass is 9.96. The number of benzene rings is 1. The summed E-state index contributed by atoms with van der Waals surface area (Å²) in [6.07, 6.45) is 5.48. The first-order chi connectivity index (χ1) is 9.57. The number of hydrogen-bond acceptors (Lipinski definition) is 3. The number of nitrogens with one attached hydrogen (secondary N) is 2. The molecule has 4 N–H and O–H groups in total. The Balaban J connectivity index is 1.71. The van der Waals surface area contributed by atoms with Crippen LogP contribution < -0.4 is 11.1 Å². The Morgan fingerprint density at radius 1 is 1.40 bits per heavy atom. The number of carbonyl (C=O) groups excluding carboxylic acids is 1. The summed E-state index contributed by atoms with van der Waals surface area (Å²) < 4.78 is 0. The number of rotatable bonds is 4. The van der Waals surface area contributed by atoms with Gasteiger partial charge in [0.2, 0.25) is 5.91 Å². The van der Waals surface area contributed by atoms with E-state index >= 15 is 0 Å². The van der Waals surface area contributed by atoms with Gasteiger partial charge in [-0.15, -0.1) is 0 Å². The molecule has 1 fully saturated rings. The number of H-pyrrole nitrogens is 1. The van der Waals surface area contributed by atoms with Crippen LogP contribution in [0.5, 0.6) is 0 Å². The third kappa shape index (κ3) is 2.44. The Labute approximate surface area is 117 Å². The maximum absolute atomic E-state index is 12.2. The van der Waals surface area contributed by atoms with Gasteiger partial charge < -0.3 is 16.0 Å². The van der Waals surface area contributed by atoms with Gasteiger partial charge in [-0.2, -0.15) is 0 Å². The van der Waals surface area contributed by atoms with Gasteiger partial charge in [0, 0.05) is 5.69 Å². The zero-order valence-electron chi connectivity index (χ0n) is 11.4. The number of anilines is 1. The molecule has 1 aromatic heterocycles. The standard InChI is InChI=1S/C15H18N4O/c1-15(16,11-4-5-11)14(20)19-12-6-2-10(3-7-12)13-8-17-9-18-13/h2-3,6-9,11H,4-5,16H2,1H3,(H,17,18)(H,19,20). The van der Waals surface area contributed by atoms with E-state index in [9.17, 15) is 4.79 Å². The van der Waals surface area contributed by atoms with E-state index in [-0.39, 0.29) is 5.91 Å². The molecule has 20 heavy (non-hydrogen) atoms. The maximum atomic E-state index is 12.2. The highest BCUT2D eigenvalue weighted by atomic mass is 16.2. The number of imidazole rings is 1. The SMILES string of the molecule is CC(N)(C(=O)Nc1ccc(-c2cnc[nH]2)cc1)C1CC1. The zero-order chi connectivity index (χ0) is 14.2. The summed E-state index contributed by atoms with van der Waals surface area (Å²) in [5, 5.41) is 2.89. The van der Waals surface area contributed by atoms with E-state index in [1.807, 2.05) is 24.3 Å². The predicted octanol–water partition coefficient (Wildman–Crippen LogP) is 2.14. The van der Waals surface area contributed by atoms with E-state index in [1.54, 1.807) is 19.4 Å². The molecule has 1 heterocycles. The van der Waals surface area contributed by atoms with E-state index in [0.29, 0.717) is 5.92 Å². The van der Waals surface area contributed by atoms with E-state index < -0.39 is 5.54 Å². The van der Waals surface area contributed by atoms with Gasteiger partial charge in [-0.05, 0) is 43.4 Å². The summed E-state index contributed by atoms with van der Waals surface area (Å²) in [4.78, 5) is 19.2. The van der Waals surface area contributed by atoms with Crippen molar-refractivity contribution in [2.45, 2.75) is 25.3 Å². The van der Waals surface area contributed by atoms with Gasteiger partial charge in [0.1, 0.15) is 0 Å². The third-order valence-corrected chi connectivity index (χ3v) is 3.87. The van der Waals surface area contributed by atoms with Crippen LogP contribution in [0.3, 0.4) is 0 Å². The minimum atomic E-state index is -0.776. The first-order valence-corrected chi connectivity index (χ1v) is 6.76. The van der Waals surface area contributed by atoms with Crippen LogP contribution in [0.2, 0.25) is 0 Å². The lowest BCUT2D eigenvalue weighted by Gasteiger charge is -2.23. The number of hydrogen-bond donors (Lipinski definition) is 3. The predicted molar refractivity (Wildman–Crippen MR) is 78.0 cm³/mol. The summed E-state index contributed by atoms with van der Waals surface area (Å²) in [7, 11) is 0. The number of nitrogens with zero attached hydrogens (tertiary/aromatic N) is 1. The van der Waals surface area contributed by atoms with Crippen molar-refractivity contribution in [2.75, 3.05) is 5.32 Å². The van der Waals surface area contributed by atoms with Crippen molar-refractivity contribution in [1.29, 1.82) is 0 Å². The molecule has 1 aromatic carbocycles. The number of aromatic nitrogens is 2. The summed E-state index contributed by atoms with van der Waals surface area (Å²) in [5.74, 6) is 0.195. The normalized spacial score (nSPS) is 17.5. The third-order valence-electron chi connectivity index (χ3n) is 3.87. The van der Waals surface area contributed by atoms with E-state index in [0.717, 1.165) is 29.8 Å². The monoisotopic (exact) mass is 270 g/mol. The van der Waals surface area contributed by atoms with Crippen molar-refractivity contribution < 1.29 is 4.79 Å². The summed E-state index contributed by atoms with van der Waals surface area (Å²) in [5.41, 5.74) is 8.05. The zero-order valence-corrected chi connectivity index (χ0v) is 11.4. The minimum absolute atomic E-state index is 0.116. The van der Waals surface area contributed by atoms with Crippen LogP contribution in [0.1, 0.15) is 19.8 Å². The molecule has 0 saturated heterocycles. The number of carbonyl (C=O) groups is 1. The molecule has 2 aromatic rings. The van der Waals surface area contributed by atoms with Gasteiger partial charge >= 0.3 is 0 Å². The van der Waals surface area contributed by atoms with Gasteiger partial charge in [0.25, 0.3) is 0 Å².